The lowest BCUT2D eigenvalue weighted by molar-refractivity contribution is -0.0545. The zero-order valence-corrected chi connectivity index (χ0v) is 13.2. The first-order valence-electron chi connectivity index (χ1n) is 8.89. The van der Waals surface area contributed by atoms with Crippen LogP contribution in [0.2, 0.25) is 0 Å². The molecule has 1 N–H and O–H groups in total. The third-order valence-electron chi connectivity index (χ3n) is 6.02. The minimum Gasteiger partial charge on any atom is -0.444 e. The second-order valence-corrected chi connectivity index (χ2v) is 7.99. The monoisotopic (exact) mass is 288 g/mol. The zero-order valence-electron chi connectivity index (χ0n) is 13.2. The third kappa shape index (κ3) is 2.77. The molecule has 3 heteroatoms. The molecule has 4 aliphatic carbocycles. The highest BCUT2D eigenvalue weighted by Crippen LogP contribution is 2.61. The molecule has 1 aromatic heterocycles. The molecule has 116 valence electrons. The van der Waals surface area contributed by atoms with Crippen LogP contribution in [0.3, 0.4) is 0 Å². The quantitative estimate of drug-likeness (QED) is 0.806. The summed E-state index contributed by atoms with van der Waals surface area (Å²) in [6.07, 6.45) is 13.2. The van der Waals surface area contributed by atoms with Gasteiger partial charge >= 0.3 is 0 Å². The van der Waals surface area contributed by atoms with Crippen molar-refractivity contribution in [1.29, 1.82) is 0 Å². The van der Waals surface area contributed by atoms with Gasteiger partial charge in [0.05, 0.1) is 12.7 Å². The topological polar surface area (TPSA) is 38.1 Å². The molecule has 0 atom stereocenters. The maximum atomic E-state index is 6.00. The molecule has 4 fully saturated rings. The Bertz CT molecular complexity index is 458. The molecular weight excluding hydrogens is 260 g/mol. The van der Waals surface area contributed by atoms with E-state index in [1.165, 1.54) is 38.5 Å². The minimum absolute atomic E-state index is 0.558. The van der Waals surface area contributed by atoms with Gasteiger partial charge in [0.1, 0.15) is 5.76 Å². The van der Waals surface area contributed by atoms with Crippen LogP contribution in [0.15, 0.2) is 10.6 Å². The Labute approximate surface area is 127 Å². The Balaban J connectivity index is 1.41. The molecule has 3 nitrogen and oxygen atoms in total. The van der Waals surface area contributed by atoms with Gasteiger partial charge in [-0.05, 0) is 74.7 Å². The molecule has 0 saturated heterocycles. The van der Waals surface area contributed by atoms with Gasteiger partial charge < -0.3 is 9.73 Å². The summed E-state index contributed by atoms with van der Waals surface area (Å²) in [5, 5.41) is 3.37. The molecular formula is C18H28N2O. The fraction of sp³-hybridized carbons (Fsp3) is 0.833. The van der Waals surface area contributed by atoms with E-state index < -0.39 is 0 Å². The average Bonchev–Trinajstić information content (AvgIpc) is 2.84. The maximum absolute atomic E-state index is 6.00. The summed E-state index contributed by atoms with van der Waals surface area (Å²) >= 11 is 0. The Kier molecular flexibility index (Phi) is 3.56. The molecule has 0 unspecified atom stereocenters. The number of hydrogen-bond acceptors (Lipinski definition) is 3. The summed E-state index contributed by atoms with van der Waals surface area (Å²) in [6.45, 7) is 3.99. The molecule has 4 aliphatic rings. The van der Waals surface area contributed by atoms with Crippen molar-refractivity contribution < 1.29 is 4.42 Å². The first-order valence-corrected chi connectivity index (χ1v) is 8.89. The van der Waals surface area contributed by atoms with Gasteiger partial charge in [-0.25, -0.2) is 4.98 Å². The van der Waals surface area contributed by atoms with Crippen LogP contribution in [0, 0.1) is 23.2 Å². The van der Waals surface area contributed by atoms with Crippen molar-refractivity contribution in [3.63, 3.8) is 0 Å². The van der Waals surface area contributed by atoms with Crippen molar-refractivity contribution in [3.8, 4) is 0 Å². The van der Waals surface area contributed by atoms with Crippen molar-refractivity contribution in [2.75, 3.05) is 6.54 Å². The van der Waals surface area contributed by atoms with Crippen LogP contribution in [0.5, 0.6) is 0 Å². The highest BCUT2D eigenvalue weighted by Gasteiger charge is 2.51. The lowest BCUT2D eigenvalue weighted by atomic mass is 9.49. The third-order valence-corrected chi connectivity index (χ3v) is 6.02. The number of oxazole rings is 1. The van der Waals surface area contributed by atoms with Gasteiger partial charge in [-0.3, -0.25) is 0 Å². The van der Waals surface area contributed by atoms with E-state index in [0.29, 0.717) is 5.41 Å². The lowest BCUT2D eigenvalue weighted by Gasteiger charge is -2.56. The predicted molar refractivity (Wildman–Crippen MR) is 82.8 cm³/mol. The largest absolute Gasteiger partial charge is 0.444 e. The van der Waals surface area contributed by atoms with Gasteiger partial charge in [-0.1, -0.05) is 6.92 Å². The second-order valence-electron chi connectivity index (χ2n) is 7.99. The summed E-state index contributed by atoms with van der Waals surface area (Å²) in [6, 6.07) is 0. The number of rotatable bonds is 6. The van der Waals surface area contributed by atoms with Crippen LogP contribution in [0.1, 0.15) is 63.5 Å². The number of nitrogens with one attached hydrogen (secondary N) is 1. The van der Waals surface area contributed by atoms with Gasteiger partial charge in [0.2, 0.25) is 5.89 Å². The van der Waals surface area contributed by atoms with E-state index in [4.69, 9.17) is 4.42 Å². The fourth-order valence-electron chi connectivity index (χ4n) is 5.76. The summed E-state index contributed by atoms with van der Waals surface area (Å²) in [7, 11) is 0. The van der Waals surface area contributed by atoms with E-state index in [0.717, 1.165) is 55.3 Å². The molecule has 21 heavy (non-hydrogen) atoms. The van der Waals surface area contributed by atoms with Gasteiger partial charge in [0.25, 0.3) is 0 Å². The van der Waals surface area contributed by atoms with E-state index in [1.807, 2.05) is 6.20 Å². The van der Waals surface area contributed by atoms with Gasteiger partial charge in [0.15, 0.2) is 0 Å². The SMILES string of the molecule is CCCNCc1ncc(CC23CC4CC(CC(C4)C2)C3)o1. The lowest BCUT2D eigenvalue weighted by Crippen LogP contribution is -2.46. The Morgan fingerprint density at radius 3 is 2.48 bits per heavy atom. The Morgan fingerprint density at radius 1 is 1.19 bits per heavy atom. The fourth-order valence-corrected chi connectivity index (χ4v) is 5.76. The van der Waals surface area contributed by atoms with Crippen LogP contribution in [0.25, 0.3) is 0 Å². The van der Waals surface area contributed by atoms with Crippen molar-refractivity contribution in [2.45, 2.75) is 64.8 Å². The average molecular weight is 288 g/mol. The van der Waals surface area contributed by atoms with E-state index >= 15 is 0 Å². The van der Waals surface area contributed by atoms with Crippen molar-refractivity contribution >= 4 is 0 Å². The van der Waals surface area contributed by atoms with Crippen LogP contribution < -0.4 is 5.32 Å². The Hall–Kier alpha value is -0.830. The first-order chi connectivity index (χ1) is 10.2. The van der Waals surface area contributed by atoms with Crippen LogP contribution in [0.4, 0.5) is 0 Å². The number of hydrogen-bond donors (Lipinski definition) is 1. The molecule has 1 aromatic rings. The van der Waals surface area contributed by atoms with E-state index in [1.54, 1.807) is 0 Å². The van der Waals surface area contributed by atoms with Crippen molar-refractivity contribution in [1.82, 2.24) is 10.3 Å². The highest BCUT2D eigenvalue weighted by molar-refractivity contribution is 5.07. The van der Waals surface area contributed by atoms with E-state index in [9.17, 15) is 0 Å². The molecule has 4 saturated carbocycles. The molecule has 1 heterocycles. The first kappa shape index (κ1) is 13.8. The second kappa shape index (κ2) is 5.42. The standard InChI is InChI=1S/C18H28N2O/c1-2-3-19-12-17-20-11-16(21-17)10-18-7-13-4-14(8-18)6-15(5-13)9-18/h11,13-15,19H,2-10,12H2,1H3. The smallest absolute Gasteiger partial charge is 0.208 e. The molecule has 0 spiro atoms. The van der Waals surface area contributed by atoms with Crippen molar-refractivity contribution in [3.05, 3.63) is 17.8 Å². The summed E-state index contributed by atoms with van der Waals surface area (Å²) in [5.41, 5.74) is 0.558. The summed E-state index contributed by atoms with van der Waals surface area (Å²) in [5.74, 6) is 5.05. The number of aromatic nitrogens is 1. The normalized spacial score (nSPS) is 37.3. The predicted octanol–water partition coefficient (Wildman–Crippen LogP) is 3.93. The summed E-state index contributed by atoms with van der Waals surface area (Å²) in [4.78, 5) is 4.46. The molecule has 5 rings (SSSR count). The zero-order chi connectivity index (χ0) is 14.3. The number of nitrogens with zero attached hydrogens (tertiary/aromatic N) is 1. The summed E-state index contributed by atoms with van der Waals surface area (Å²) < 4.78 is 6.00. The van der Waals surface area contributed by atoms with E-state index in [2.05, 4.69) is 17.2 Å². The molecule has 0 amide bonds. The molecule has 0 radical (unpaired) electrons. The Morgan fingerprint density at radius 2 is 1.86 bits per heavy atom. The molecule has 0 aliphatic heterocycles. The van der Waals surface area contributed by atoms with Crippen LogP contribution in [-0.4, -0.2) is 11.5 Å². The minimum atomic E-state index is 0.558. The van der Waals surface area contributed by atoms with E-state index in [-0.39, 0.29) is 0 Å². The highest BCUT2D eigenvalue weighted by atomic mass is 16.4. The molecule has 0 aromatic carbocycles. The maximum Gasteiger partial charge on any atom is 0.208 e. The van der Waals surface area contributed by atoms with Gasteiger partial charge in [0, 0.05) is 6.42 Å². The van der Waals surface area contributed by atoms with Crippen molar-refractivity contribution in [2.24, 2.45) is 23.2 Å². The van der Waals surface area contributed by atoms with Gasteiger partial charge in [-0.2, -0.15) is 0 Å². The van der Waals surface area contributed by atoms with Gasteiger partial charge in [-0.15, -0.1) is 0 Å². The molecule has 4 bridgehead atoms. The van der Waals surface area contributed by atoms with Crippen LogP contribution in [-0.2, 0) is 13.0 Å². The van der Waals surface area contributed by atoms with Crippen LogP contribution >= 0.6 is 0 Å².